The average Bonchev–Trinajstić information content (AvgIpc) is 2.92. The lowest BCUT2D eigenvalue weighted by atomic mass is 9.65. The smallest absolute Gasteiger partial charge is 0.416 e. The van der Waals surface area contributed by atoms with Crippen LogP contribution in [0.15, 0.2) is 66.2 Å². The molecule has 6 radical (unpaired) electrons. The SMILES string of the molecule is [B]C1(c2cccc(C(F)(F)F)c2)OC(N)=C(OS(=O)(=O)C([B])([B])c2ccccc2)C1=O. The van der Waals surface area contributed by atoms with E-state index in [0.29, 0.717) is 6.07 Å². The number of benzene rings is 2. The van der Waals surface area contributed by atoms with E-state index in [1.54, 1.807) is 6.07 Å². The summed E-state index contributed by atoms with van der Waals surface area (Å²) in [6.07, 6.45) is -4.73. The predicted octanol–water partition coefficient (Wildman–Crippen LogP) is 1.25. The fourth-order valence-electron chi connectivity index (χ4n) is 2.76. The van der Waals surface area contributed by atoms with Gasteiger partial charge in [-0.25, -0.2) is 0 Å². The first-order chi connectivity index (χ1) is 14.2. The van der Waals surface area contributed by atoms with E-state index in [0.717, 1.165) is 18.2 Å². The Labute approximate surface area is 179 Å². The third kappa shape index (κ3) is 3.94. The van der Waals surface area contributed by atoms with Crippen molar-refractivity contribution < 1.29 is 35.3 Å². The van der Waals surface area contributed by atoms with Crippen LogP contribution in [0, 0.1) is 0 Å². The van der Waals surface area contributed by atoms with E-state index in [9.17, 15) is 26.4 Å². The van der Waals surface area contributed by atoms with Crippen molar-refractivity contribution in [1.82, 2.24) is 0 Å². The highest BCUT2D eigenvalue weighted by Gasteiger charge is 2.50. The molecule has 0 aromatic heterocycles. The summed E-state index contributed by atoms with van der Waals surface area (Å²) in [5.41, 5.74) is 1.38. The number of rotatable bonds is 5. The van der Waals surface area contributed by atoms with E-state index in [1.807, 2.05) is 0 Å². The van der Waals surface area contributed by atoms with Crippen LogP contribution in [-0.2, 0) is 40.1 Å². The Morgan fingerprint density at radius 2 is 1.58 bits per heavy atom. The predicted molar refractivity (Wildman–Crippen MR) is 106 cm³/mol. The zero-order valence-corrected chi connectivity index (χ0v) is 16.4. The molecule has 6 nitrogen and oxygen atoms in total. The molecule has 1 atom stereocenters. The van der Waals surface area contributed by atoms with Gasteiger partial charge >= 0.3 is 16.3 Å². The minimum absolute atomic E-state index is 0.0718. The third-order valence-electron chi connectivity index (χ3n) is 4.49. The number of ether oxygens (including phenoxy) is 1. The molecule has 13 heteroatoms. The number of hydrogen-bond acceptors (Lipinski definition) is 6. The van der Waals surface area contributed by atoms with Gasteiger partial charge in [-0.2, -0.15) is 21.6 Å². The fourth-order valence-corrected chi connectivity index (χ4v) is 3.70. The van der Waals surface area contributed by atoms with Crippen molar-refractivity contribution in [2.75, 3.05) is 0 Å². The average molecular weight is 443 g/mol. The zero-order chi connectivity index (χ0) is 23.2. The van der Waals surface area contributed by atoms with Crippen LogP contribution in [-0.4, -0.2) is 37.7 Å². The summed E-state index contributed by atoms with van der Waals surface area (Å²) >= 11 is 0. The Kier molecular flexibility index (Phi) is 5.46. The number of alkyl halides is 3. The summed E-state index contributed by atoms with van der Waals surface area (Å²) in [6.45, 7) is 0. The number of Topliss-reactive ketones (excluding diaryl/α,β-unsaturated/α-hetero) is 1. The fraction of sp³-hybridized carbons (Fsp3) is 0.167. The van der Waals surface area contributed by atoms with Crippen molar-refractivity contribution in [1.29, 1.82) is 0 Å². The molecule has 2 aromatic rings. The van der Waals surface area contributed by atoms with Gasteiger partial charge in [0, 0.05) is 0 Å². The van der Waals surface area contributed by atoms with Crippen molar-refractivity contribution in [3.8, 4) is 0 Å². The van der Waals surface area contributed by atoms with Gasteiger partial charge in [0.15, 0.2) is 5.50 Å². The maximum Gasteiger partial charge on any atom is 0.416 e. The Bertz CT molecular complexity index is 1170. The molecule has 0 amide bonds. The number of carbonyl (C=O) groups is 1. The summed E-state index contributed by atoms with van der Waals surface area (Å²) in [6, 6.07) is 10.5. The number of halogens is 3. The van der Waals surface area contributed by atoms with Crippen LogP contribution in [0.2, 0.25) is 0 Å². The molecule has 0 spiro atoms. The van der Waals surface area contributed by atoms with Crippen LogP contribution in [0.3, 0.4) is 0 Å². The van der Waals surface area contributed by atoms with Gasteiger partial charge in [-0.15, -0.1) is 0 Å². The maximum atomic E-state index is 13.0. The lowest BCUT2D eigenvalue weighted by molar-refractivity contribution is -0.138. The second-order valence-corrected chi connectivity index (χ2v) is 8.39. The highest BCUT2D eigenvalue weighted by Crippen LogP contribution is 2.39. The Morgan fingerprint density at radius 1 is 1.00 bits per heavy atom. The zero-order valence-electron chi connectivity index (χ0n) is 15.6. The number of hydrogen-bond donors (Lipinski definition) is 1. The first kappa shape index (κ1) is 22.9. The van der Waals surface area contributed by atoms with Crippen molar-refractivity contribution in [2.45, 2.75) is 16.2 Å². The lowest BCUT2D eigenvalue weighted by Crippen LogP contribution is -2.40. The van der Waals surface area contributed by atoms with Gasteiger partial charge in [-0.3, -0.25) is 4.79 Å². The molecular weight excluding hydrogens is 432 g/mol. The van der Waals surface area contributed by atoms with Crippen LogP contribution in [0.25, 0.3) is 0 Å². The van der Waals surface area contributed by atoms with Crippen LogP contribution in [0.1, 0.15) is 16.7 Å². The van der Waals surface area contributed by atoms with E-state index in [4.69, 9.17) is 38.2 Å². The van der Waals surface area contributed by atoms with E-state index in [2.05, 4.69) is 0 Å². The number of ketones is 1. The van der Waals surface area contributed by atoms with Crippen LogP contribution < -0.4 is 5.73 Å². The summed E-state index contributed by atoms with van der Waals surface area (Å²) < 4.78 is 71.6. The van der Waals surface area contributed by atoms with E-state index in [1.165, 1.54) is 24.3 Å². The van der Waals surface area contributed by atoms with Crippen molar-refractivity contribution >= 4 is 39.4 Å². The highest BCUT2D eigenvalue weighted by atomic mass is 32.2. The Hall–Kier alpha value is -2.82. The van der Waals surface area contributed by atoms with Crippen molar-refractivity contribution in [3.63, 3.8) is 0 Å². The van der Waals surface area contributed by atoms with Gasteiger partial charge in [0.2, 0.25) is 17.4 Å². The molecule has 31 heavy (non-hydrogen) atoms. The molecule has 1 unspecified atom stereocenters. The molecule has 1 heterocycles. The quantitative estimate of drug-likeness (QED) is 0.553. The van der Waals surface area contributed by atoms with Crippen molar-refractivity contribution in [3.05, 3.63) is 82.9 Å². The molecule has 0 saturated heterocycles. The Balaban J connectivity index is 1.95. The normalized spacial score (nSPS) is 19.9. The second kappa shape index (κ2) is 7.40. The van der Waals surface area contributed by atoms with Crippen LogP contribution in [0.4, 0.5) is 13.2 Å². The third-order valence-corrected chi connectivity index (χ3v) is 5.94. The van der Waals surface area contributed by atoms with E-state index in [-0.39, 0.29) is 5.56 Å². The van der Waals surface area contributed by atoms with Gasteiger partial charge < -0.3 is 14.7 Å². The topological polar surface area (TPSA) is 95.7 Å². The highest BCUT2D eigenvalue weighted by molar-refractivity contribution is 7.90. The van der Waals surface area contributed by atoms with Crippen LogP contribution >= 0.6 is 0 Å². The van der Waals surface area contributed by atoms with Gasteiger partial charge in [0.1, 0.15) is 7.85 Å². The molecule has 0 aliphatic carbocycles. The molecule has 1 aliphatic rings. The Morgan fingerprint density at radius 3 is 2.16 bits per heavy atom. The molecule has 0 bridgehead atoms. The standard InChI is InChI=1S/C18H11B3F3NO5S/c19-16(11-7-4-8-12(9-11)18(22,23)24)14(26)13(15(25)29-16)30-31(27,28)17(20,21)10-5-2-1-3-6-10/h1-9H,25H2. The number of nitrogens with two attached hydrogens (primary N) is 1. The van der Waals surface area contributed by atoms with E-state index < -0.39 is 54.9 Å². The summed E-state index contributed by atoms with van der Waals surface area (Å²) in [4.78, 5) is 12.8. The first-order valence-corrected chi connectivity index (χ1v) is 9.88. The molecule has 0 saturated carbocycles. The van der Waals surface area contributed by atoms with Crippen molar-refractivity contribution in [2.24, 2.45) is 5.73 Å². The van der Waals surface area contributed by atoms with Gasteiger partial charge in [0.25, 0.3) is 0 Å². The van der Waals surface area contributed by atoms with Gasteiger partial charge in [-0.05, 0) is 23.3 Å². The molecular formula is C18H11B3F3NO5S. The maximum absolute atomic E-state index is 13.0. The summed E-state index contributed by atoms with van der Waals surface area (Å²) in [5.74, 6) is -3.26. The van der Waals surface area contributed by atoms with Gasteiger partial charge in [-0.1, -0.05) is 42.5 Å². The molecule has 154 valence electrons. The molecule has 1 aliphatic heterocycles. The lowest BCUT2D eigenvalue weighted by Gasteiger charge is -2.26. The molecule has 2 aromatic carbocycles. The molecule has 2 N–H and O–H groups in total. The first-order valence-electron chi connectivity index (χ1n) is 8.47. The second-order valence-electron chi connectivity index (χ2n) is 6.64. The number of carbonyl (C=O) groups excluding carboxylic acids is 1. The monoisotopic (exact) mass is 443 g/mol. The molecule has 3 rings (SSSR count). The largest absolute Gasteiger partial charge is 0.467 e. The van der Waals surface area contributed by atoms with Gasteiger partial charge in [0.05, 0.1) is 25.8 Å². The minimum Gasteiger partial charge on any atom is -0.467 e. The summed E-state index contributed by atoms with van der Waals surface area (Å²) in [5, 5.41) is 0. The molecule has 0 fully saturated rings. The van der Waals surface area contributed by atoms with E-state index >= 15 is 0 Å². The summed E-state index contributed by atoms with van der Waals surface area (Å²) in [7, 11) is 12.4. The minimum atomic E-state index is -4.94. The van der Waals surface area contributed by atoms with Crippen LogP contribution in [0.5, 0.6) is 0 Å².